The zero-order chi connectivity index (χ0) is 21.8. The summed E-state index contributed by atoms with van der Waals surface area (Å²) in [4.78, 5) is 0. The first-order valence-electron chi connectivity index (χ1n) is 14.4. The van der Waals surface area contributed by atoms with Crippen LogP contribution in [0.4, 0.5) is 0 Å². The van der Waals surface area contributed by atoms with Gasteiger partial charge in [0.05, 0.1) is 0 Å². The molecule has 8 bridgehead atoms. The molecule has 0 N–H and O–H groups in total. The maximum absolute atomic E-state index is 2.88. The zero-order valence-corrected chi connectivity index (χ0v) is 21.7. The summed E-state index contributed by atoms with van der Waals surface area (Å²) in [5.41, 5.74) is 2.51. The van der Waals surface area contributed by atoms with Crippen LogP contribution in [0.25, 0.3) is 0 Å². The maximum atomic E-state index is 2.88. The Balaban J connectivity index is 1.18. The first-order valence-corrected chi connectivity index (χ1v) is 14.4. The molecule has 1 heteroatoms. The Hall–Kier alpha value is 0.0649. The van der Waals surface area contributed by atoms with E-state index in [0.29, 0.717) is 21.7 Å². The van der Waals surface area contributed by atoms with E-state index >= 15 is 0 Å². The van der Waals surface area contributed by atoms with Crippen LogP contribution >= 0.6 is 0 Å². The molecule has 173 valence electrons. The molecule has 1 radical (unpaired) electrons. The molecule has 0 aromatic heterocycles. The highest BCUT2D eigenvalue weighted by molar-refractivity contribution is 6.35. The van der Waals surface area contributed by atoms with Crippen LogP contribution in [0.5, 0.6) is 0 Å². The summed E-state index contributed by atoms with van der Waals surface area (Å²) < 4.78 is 0. The molecule has 6 fully saturated rings. The second-order valence-electron chi connectivity index (χ2n) is 15.4. The third kappa shape index (κ3) is 2.79. The molecule has 0 amide bonds. The normalized spacial score (nSPS) is 55.8. The average Bonchev–Trinajstić information content (AvgIpc) is 3.37. The van der Waals surface area contributed by atoms with Gasteiger partial charge < -0.3 is 0 Å². The summed E-state index contributed by atoms with van der Waals surface area (Å²) in [5, 5.41) is 0. The van der Waals surface area contributed by atoms with Gasteiger partial charge in [-0.05, 0) is 120 Å². The second kappa shape index (κ2) is 6.81. The van der Waals surface area contributed by atoms with Crippen LogP contribution in [0.3, 0.4) is 0 Å². The Bertz CT molecular complexity index is 662. The molecular weight excluding hydrogens is 371 g/mol. The number of hydrogen-bond donors (Lipinski definition) is 0. The summed E-state index contributed by atoms with van der Waals surface area (Å²) in [6, 6.07) is 0. The monoisotopic (exact) mass is 421 g/mol. The minimum Gasteiger partial charge on any atom is -0.0767 e. The lowest BCUT2D eigenvalue weighted by Crippen LogP contribution is -2.36. The van der Waals surface area contributed by atoms with Gasteiger partial charge in [-0.3, -0.25) is 0 Å². The van der Waals surface area contributed by atoms with Gasteiger partial charge in [0, 0.05) is 0 Å². The fraction of sp³-hybridized carbons (Fsp3) is 1.00. The average molecular weight is 422 g/mol. The summed E-state index contributed by atoms with van der Waals surface area (Å²) >= 11 is 0. The summed E-state index contributed by atoms with van der Waals surface area (Å²) in [6.07, 6.45) is 18.1. The highest BCUT2D eigenvalue weighted by Crippen LogP contribution is 2.73. The highest BCUT2D eigenvalue weighted by atomic mass is 14.7. The molecular formula is C30H50B. The van der Waals surface area contributed by atoms with Crippen LogP contribution in [0.15, 0.2) is 0 Å². The van der Waals surface area contributed by atoms with Crippen molar-refractivity contribution in [2.24, 2.45) is 69.0 Å². The predicted octanol–water partition coefficient (Wildman–Crippen LogP) is 8.50. The van der Waals surface area contributed by atoms with Crippen LogP contribution in [-0.2, 0) is 0 Å². The summed E-state index contributed by atoms with van der Waals surface area (Å²) in [6.45, 7) is 16.0. The van der Waals surface area contributed by atoms with Gasteiger partial charge in [0.2, 0.25) is 0 Å². The van der Waals surface area contributed by atoms with Crippen LogP contribution in [0.2, 0.25) is 12.6 Å². The largest absolute Gasteiger partial charge is 0.110 e. The van der Waals surface area contributed by atoms with Crippen molar-refractivity contribution in [3.63, 3.8) is 0 Å². The molecule has 0 heterocycles. The fourth-order valence-electron chi connectivity index (χ4n) is 12.5. The summed E-state index contributed by atoms with van der Waals surface area (Å²) in [5.74, 6) is 8.22. The lowest BCUT2D eigenvalue weighted by atomic mass is 9.50. The lowest BCUT2D eigenvalue weighted by molar-refractivity contribution is 0.0939. The Morgan fingerprint density at radius 1 is 0.581 bits per heavy atom. The molecule has 0 aromatic rings. The third-order valence-corrected chi connectivity index (χ3v) is 13.6. The fourth-order valence-corrected chi connectivity index (χ4v) is 12.5. The minimum atomic E-state index is 0.595. The van der Waals surface area contributed by atoms with Gasteiger partial charge in [0.25, 0.3) is 0 Å². The van der Waals surface area contributed by atoms with Crippen molar-refractivity contribution < 1.29 is 0 Å². The van der Waals surface area contributed by atoms with Crippen molar-refractivity contribution in [1.29, 1.82) is 0 Å². The van der Waals surface area contributed by atoms with Gasteiger partial charge >= 0.3 is 0 Å². The van der Waals surface area contributed by atoms with Gasteiger partial charge in [-0.25, -0.2) is 0 Å². The third-order valence-electron chi connectivity index (χ3n) is 13.6. The second-order valence-corrected chi connectivity index (χ2v) is 15.4. The first-order chi connectivity index (χ1) is 14.6. The van der Waals surface area contributed by atoms with Crippen LogP contribution in [0.1, 0.15) is 106 Å². The van der Waals surface area contributed by atoms with E-state index in [4.69, 9.17) is 0 Å². The van der Waals surface area contributed by atoms with E-state index in [2.05, 4.69) is 48.8 Å². The zero-order valence-electron chi connectivity index (χ0n) is 21.7. The van der Waals surface area contributed by atoms with E-state index in [1.807, 2.05) is 0 Å². The van der Waals surface area contributed by atoms with Crippen LogP contribution in [0, 0.1) is 69.0 Å². The van der Waals surface area contributed by atoms with Gasteiger partial charge in [0.1, 0.15) is 7.28 Å². The van der Waals surface area contributed by atoms with Crippen molar-refractivity contribution in [3.05, 3.63) is 0 Å². The molecule has 0 aliphatic heterocycles. The van der Waals surface area contributed by atoms with E-state index in [0.717, 1.165) is 47.3 Å². The smallest absolute Gasteiger partial charge is 0.0767 e. The van der Waals surface area contributed by atoms with E-state index < -0.39 is 0 Å². The lowest BCUT2D eigenvalue weighted by Gasteiger charge is -2.44. The molecule has 6 aliphatic carbocycles. The van der Waals surface area contributed by atoms with E-state index in [1.165, 1.54) is 51.2 Å². The van der Waals surface area contributed by atoms with Crippen LogP contribution in [-0.4, -0.2) is 7.28 Å². The maximum Gasteiger partial charge on any atom is 0.110 e. The number of hydrogen-bond acceptors (Lipinski definition) is 0. The Labute approximate surface area is 194 Å². The Kier molecular flexibility index (Phi) is 4.74. The van der Waals surface area contributed by atoms with Crippen LogP contribution < -0.4 is 0 Å². The SMILES string of the molecule is CC1(C)CCC[C@]2(C)C(C[B]CC3[C@@H]4CC[C@H]5[C@H]4C(C)(C)CCC[C@]35C)[C@@H]3CC[C@@H]2[C@@H]31. The van der Waals surface area contributed by atoms with Gasteiger partial charge in [-0.1, -0.05) is 67.0 Å². The highest BCUT2D eigenvalue weighted by Gasteiger charge is 2.66. The molecule has 0 spiro atoms. The Morgan fingerprint density at radius 3 is 1.42 bits per heavy atom. The molecule has 6 aliphatic rings. The van der Waals surface area contributed by atoms with Crippen molar-refractivity contribution >= 4 is 7.28 Å². The molecule has 31 heavy (non-hydrogen) atoms. The molecule has 6 rings (SSSR count). The topological polar surface area (TPSA) is 0 Å². The Morgan fingerprint density at radius 2 is 1.00 bits per heavy atom. The quantitative estimate of drug-likeness (QED) is 0.399. The van der Waals surface area contributed by atoms with Crippen molar-refractivity contribution in [2.75, 3.05) is 0 Å². The van der Waals surface area contributed by atoms with Crippen molar-refractivity contribution in [2.45, 2.75) is 118 Å². The molecule has 6 saturated carbocycles. The number of rotatable bonds is 4. The molecule has 0 saturated heterocycles. The first kappa shape index (κ1) is 21.6. The molecule has 10 atom stereocenters. The standard InChI is InChI=1S/C30H50B/c1-27(2)13-7-15-29(5)21-11-9-19(25(21)27)23(29)17-31-18-24-20-10-12-22-26(20)28(3,4)14-8-16-30(22,24)6/h19-26H,7-18H2,1-6H3/t19-,20-,21-,22+,23?,24?,25-,26+,29-,30-/m0/s1. The summed E-state index contributed by atoms with van der Waals surface area (Å²) in [7, 11) is 2.88. The van der Waals surface area contributed by atoms with Crippen molar-refractivity contribution in [3.8, 4) is 0 Å². The van der Waals surface area contributed by atoms with E-state index in [9.17, 15) is 0 Å². The van der Waals surface area contributed by atoms with Gasteiger partial charge in [-0.2, -0.15) is 0 Å². The molecule has 2 unspecified atom stereocenters. The predicted molar refractivity (Wildman–Crippen MR) is 133 cm³/mol. The van der Waals surface area contributed by atoms with Gasteiger partial charge in [-0.15, -0.1) is 0 Å². The van der Waals surface area contributed by atoms with E-state index in [-0.39, 0.29) is 0 Å². The van der Waals surface area contributed by atoms with Gasteiger partial charge in [0.15, 0.2) is 0 Å². The molecule has 0 aromatic carbocycles. The van der Waals surface area contributed by atoms with Crippen molar-refractivity contribution in [1.82, 2.24) is 0 Å². The molecule has 0 nitrogen and oxygen atoms in total. The van der Waals surface area contributed by atoms with E-state index in [1.54, 1.807) is 25.7 Å². The minimum absolute atomic E-state index is 0.595.